The van der Waals surface area contributed by atoms with Gasteiger partial charge >= 0.3 is 0 Å². The fourth-order valence-electron chi connectivity index (χ4n) is 7.21. The van der Waals surface area contributed by atoms with E-state index in [1.54, 1.807) is 0 Å². The van der Waals surface area contributed by atoms with E-state index in [9.17, 15) is 0 Å². The number of hydrogen-bond acceptors (Lipinski definition) is 3. The van der Waals surface area contributed by atoms with E-state index in [0.717, 1.165) is 45.1 Å². The van der Waals surface area contributed by atoms with Crippen molar-refractivity contribution < 1.29 is 0 Å². The molecule has 0 atom stereocenters. The maximum absolute atomic E-state index is 5.37. The van der Waals surface area contributed by atoms with E-state index in [2.05, 4.69) is 195 Å². The highest BCUT2D eigenvalue weighted by atomic mass is 15.1. The van der Waals surface area contributed by atoms with E-state index in [0.29, 0.717) is 13.1 Å². The molecule has 0 N–H and O–H groups in total. The number of fused-ring (bicyclic) bond motifs is 2. The fraction of sp³-hybridized carbons (Fsp3) is 0.367. The Labute approximate surface area is 322 Å². The van der Waals surface area contributed by atoms with Crippen LogP contribution in [0.3, 0.4) is 0 Å². The average molecular weight is 716 g/mol. The molecule has 0 saturated heterocycles. The van der Waals surface area contributed by atoms with Gasteiger partial charge in [-0.25, -0.2) is 15.0 Å². The van der Waals surface area contributed by atoms with Gasteiger partial charge in [-0.2, -0.15) is 0 Å². The lowest BCUT2D eigenvalue weighted by Crippen LogP contribution is -2.17. The van der Waals surface area contributed by atoms with Crippen LogP contribution in [0.25, 0.3) is 45.1 Å². The summed E-state index contributed by atoms with van der Waals surface area (Å²) in [5.41, 5.74) is 13.8. The van der Waals surface area contributed by atoms with Crippen LogP contribution in [0.4, 0.5) is 0 Å². The molecule has 0 spiro atoms. The van der Waals surface area contributed by atoms with Crippen molar-refractivity contribution in [3.05, 3.63) is 137 Å². The second-order valence-electron chi connectivity index (χ2n) is 19.3. The monoisotopic (exact) mass is 715 g/mol. The number of nitrogens with zero attached hydrogens (tertiary/aromatic N) is 5. The van der Waals surface area contributed by atoms with Gasteiger partial charge in [-0.1, -0.05) is 150 Å². The number of benzene rings is 4. The van der Waals surface area contributed by atoms with E-state index in [1.807, 2.05) is 0 Å². The molecule has 0 bridgehead atoms. The van der Waals surface area contributed by atoms with Crippen LogP contribution in [0.2, 0.25) is 0 Å². The topological polar surface area (TPSA) is 48.5 Å². The molecule has 3 heterocycles. The molecule has 7 aromatic rings. The third-order valence-corrected chi connectivity index (χ3v) is 10.6. The van der Waals surface area contributed by atoms with E-state index in [4.69, 9.17) is 15.0 Å². The highest BCUT2D eigenvalue weighted by Gasteiger charge is 2.24. The van der Waals surface area contributed by atoms with Gasteiger partial charge in [0.1, 0.15) is 11.4 Å². The molecular formula is C49H57N5. The quantitative estimate of drug-likeness (QED) is 0.172. The Balaban J connectivity index is 1.36. The highest BCUT2D eigenvalue weighted by Crippen LogP contribution is 2.35. The minimum Gasteiger partial charge on any atom is -0.318 e. The molecule has 0 amide bonds. The second-order valence-corrected chi connectivity index (χ2v) is 19.3. The molecule has 7 rings (SSSR count). The summed E-state index contributed by atoms with van der Waals surface area (Å²) in [6.45, 7) is 28.9. The molecule has 0 radical (unpaired) electrons. The first-order chi connectivity index (χ1) is 25.3. The van der Waals surface area contributed by atoms with Crippen LogP contribution < -0.4 is 0 Å². The first kappa shape index (κ1) is 37.3. The predicted octanol–water partition coefficient (Wildman–Crippen LogP) is 12.4. The van der Waals surface area contributed by atoms with Crippen molar-refractivity contribution in [3.8, 4) is 23.0 Å². The summed E-state index contributed by atoms with van der Waals surface area (Å²) in [4.78, 5) is 15.8. The number of aromatic nitrogens is 5. The van der Waals surface area contributed by atoms with Crippen molar-refractivity contribution >= 4 is 22.1 Å². The van der Waals surface area contributed by atoms with Gasteiger partial charge in [-0.3, -0.25) is 0 Å². The fourth-order valence-corrected chi connectivity index (χ4v) is 7.21. The van der Waals surface area contributed by atoms with Crippen molar-refractivity contribution in [1.82, 2.24) is 24.1 Å². The zero-order chi connectivity index (χ0) is 38.8. The Morgan fingerprint density at radius 1 is 0.389 bits per heavy atom. The molecular weight excluding hydrogens is 659 g/mol. The van der Waals surface area contributed by atoms with Crippen molar-refractivity contribution in [1.29, 1.82) is 0 Å². The summed E-state index contributed by atoms with van der Waals surface area (Å²) < 4.78 is 4.68. The van der Waals surface area contributed by atoms with Crippen molar-refractivity contribution in [2.45, 2.75) is 118 Å². The Morgan fingerprint density at radius 3 is 1.06 bits per heavy atom. The lowest BCUT2D eigenvalue weighted by Gasteiger charge is -2.26. The highest BCUT2D eigenvalue weighted by molar-refractivity contribution is 5.82. The molecule has 0 unspecified atom stereocenters. The van der Waals surface area contributed by atoms with Crippen molar-refractivity contribution in [2.24, 2.45) is 0 Å². The molecule has 5 nitrogen and oxygen atoms in total. The lowest BCUT2D eigenvalue weighted by atomic mass is 9.79. The number of para-hydroxylation sites is 4. The van der Waals surface area contributed by atoms with E-state index in [1.165, 1.54) is 33.4 Å². The lowest BCUT2D eigenvalue weighted by molar-refractivity contribution is 0.565. The molecule has 0 aliphatic rings. The SMILES string of the molecule is CC(C)(C)c1cc(Cn2c(-c3cccc(-c4nc5ccccc5n4Cc4cc(C(C)(C)C)cc(C(C)(C)C)c4)n3)nc3ccccc32)cc(C(C)(C)C)c1. The molecule has 5 heteroatoms. The van der Waals surface area contributed by atoms with Crippen LogP contribution in [-0.4, -0.2) is 24.1 Å². The van der Waals surface area contributed by atoms with Crippen LogP contribution in [0.15, 0.2) is 103 Å². The molecule has 0 aliphatic heterocycles. The number of hydrogen-bond donors (Lipinski definition) is 0. The van der Waals surface area contributed by atoms with Gasteiger partial charge in [-0.05, 0) is 91.4 Å². The van der Waals surface area contributed by atoms with Crippen LogP contribution in [0, 0.1) is 0 Å². The Hall–Kier alpha value is -5.03. The van der Waals surface area contributed by atoms with Gasteiger partial charge in [0.15, 0.2) is 11.6 Å². The molecule has 278 valence electrons. The average Bonchev–Trinajstić information content (AvgIpc) is 3.65. The van der Waals surface area contributed by atoms with Gasteiger partial charge in [0, 0.05) is 13.1 Å². The van der Waals surface area contributed by atoms with Gasteiger partial charge in [-0.15, -0.1) is 0 Å². The molecule has 0 fully saturated rings. The summed E-state index contributed by atoms with van der Waals surface area (Å²) in [5.74, 6) is 1.71. The van der Waals surface area contributed by atoms with Crippen LogP contribution in [-0.2, 0) is 34.7 Å². The normalized spacial score (nSPS) is 13.0. The zero-order valence-corrected chi connectivity index (χ0v) is 34.5. The Kier molecular flexibility index (Phi) is 9.23. The van der Waals surface area contributed by atoms with Crippen LogP contribution in [0.5, 0.6) is 0 Å². The summed E-state index contributed by atoms with van der Waals surface area (Å²) >= 11 is 0. The van der Waals surface area contributed by atoms with Gasteiger partial charge in [0.25, 0.3) is 0 Å². The number of rotatable bonds is 6. The Bertz CT molecular complexity index is 2250. The third kappa shape index (κ3) is 7.51. The summed E-state index contributed by atoms with van der Waals surface area (Å²) in [6.07, 6.45) is 0. The van der Waals surface area contributed by atoms with Crippen molar-refractivity contribution in [3.63, 3.8) is 0 Å². The van der Waals surface area contributed by atoms with Gasteiger partial charge in [0.05, 0.1) is 22.1 Å². The number of pyridine rings is 1. The summed E-state index contributed by atoms with van der Waals surface area (Å²) in [7, 11) is 0. The van der Waals surface area contributed by atoms with E-state index < -0.39 is 0 Å². The summed E-state index contributed by atoms with van der Waals surface area (Å²) in [6, 6.07) is 37.4. The maximum Gasteiger partial charge on any atom is 0.160 e. The van der Waals surface area contributed by atoms with Crippen molar-refractivity contribution in [2.75, 3.05) is 0 Å². The molecule has 3 aromatic heterocycles. The smallest absolute Gasteiger partial charge is 0.160 e. The van der Waals surface area contributed by atoms with Gasteiger partial charge < -0.3 is 9.13 Å². The third-order valence-electron chi connectivity index (χ3n) is 10.6. The van der Waals surface area contributed by atoms with Gasteiger partial charge in [0.2, 0.25) is 0 Å². The van der Waals surface area contributed by atoms with Crippen LogP contribution in [0.1, 0.15) is 116 Å². The molecule has 54 heavy (non-hydrogen) atoms. The molecule has 0 saturated carbocycles. The van der Waals surface area contributed by atoms with E-state index in [-0.39, 0.29) is 21.7 Å². The standard InChI is InChI=1S/C49H57N5/c1-46(2,3)34-24-32(25-35(28-34)47(4,5)6)30-53-42-22-15-13-18-38(42)51-44(53)40-20-17-21-41(50-40)45-52-39-19-14-16-23-43(39)54(45)31-33-26-36(48(7,8)9)29-37(27-33)49(10,11)12/h13-29H,30-31H2,1-12H3. The maximum atomic E-state index is 5.37. The second kappa shape index (κ2) is 13.4. The first-order valence-corrected chi connectivity index (χ1v) is 19.4. The first-order valence-electron chi connectivity index (χ1n) is 19.4. The zero-order valence-electron chi connectivity index (χ0n) is 34.5. The largest absolute Gasteiger partial charge is 0.318 e. The van der Waals surface area contributed by atoms with E-state index >= 15 is 0 Å². The summed E-state index contributed by atoms with van der Waals surface area (Å²) in [5, 5.41) is 0. The molecule has 4 aromatic carbocycles. The molecule has 0 aliphatic carbocycles. The minimum atomic E-state index is 0.0273. The minimum absolute atomic E-state index is 0.0273. The Morgan fingerprint density at radius 2 is 0.722 bits per heavy atom. The predicted molar refractivity (Wildman–Crippen MR) is 228 cm³/mol. The number of imidazole rings is 2. The van der Waals surface area contributed by atoms with Crippen LogP contribution >= 0.6 is 0 Å².